The number of thioether (sulfide) groups is 1. The van der Waals surface area contributed by atoms with Gasteiger partial charge < -0.3 is 9.67 Å². The zero-order valence-electron chi connectivity index (χ0n) is 12.2. The highest BCUT2D eigenvalue weighted by Gasteiger charge is 2.34. The summed E-state index contributed by atoms with van der Waals surface area (Å²) in [6, 6.07) is 10.4. The second-order valence-electron chi connectivity index (χ2n) is 4.90. The highest BCUT2D eigenvalue weighted by atomic mass is 32.2. The SMILES string of the molecule is C=CCN1C(=O)S/C(=C\c2cccn2-c2ccc(O)cc2)C1=O. The smallest absolute Gasteiger partial charge is 0.293 e. The van der Waals surface area contributed by atoms with Crippen molar-refractivity contribution in [3.05, 3.63) is 65.8 Å². The van der Waals surface area contributed by atoms with Crippen LogP contribution < -0.4 is 0 Å². The van der Waals surface area contributed by atoms with Crippen molar-refractivity contribution in [2.24, 2.45) is 0 Å². The number of aromatic nitrogens is 1. The molecule has 23 heavy (non-hydrogen) atoms. The topological polar surface area (TPSA) is 62.5 Å². The third kappa shape index (κ3) is 2.93. The maximum Gasteiger partial charge on any atom is 0.293 e. The van der Waals surface area contributed by atoms with Gasteiger partial charge in [0.1, 0.15) is 5.75 Å². The minimum Gasteiger partial charge on any atom is -0.508 e. The van der Waals surface area contributed by atoms with E-state index in [0.717, 1.165) is 28.0 Å². The molecule has 1 aliphatic rings. The molecule has 1 saturated heterocycles. The van der Waals surface area contributed by atoms with Crippen molar-refractivity contribution in [1.82, 2.24) is 9.47 Å². The molecular formula is C17H14N2O3S. The highest BCUT2D eigenvalue weighted by molar-refractivity contribution is 8.18. The molecule has 2 heterocycles. The summed E-state index contributed by atoms with van der Waals surface area (Å²) in [5.41, 5.74) is 1.63. The van der Waals surface area contributed by atoms with E-state index in [2.05, 4.69) is 6.58 Å². The summed E-state index contributed by atoms with van der Waals surface area (Å²) in [7, 11) is 0. The number of carbonyl (C=O) groups excluding carboxylic acids is 2. The van der Waals surface area contributed by atoms with Crippen LogP contribution in [-0.4, -0.2) is 32.3 Å². The van der Waals surface area contributed by atoms with Crippen molar-refractivity contribution < 1.29 is 14.7 Å². The number of carbonyl (C=O) groups is 2. The first kappa shape index (κ1) is 15.2. The van der Waals surface area contributed by atoms with E-state index < -0.39 is 0 Å². The van der Waals surface area contributed by atoms with Crippen molar-refractivity contribution in [2.75, 3.05) is 6.54 Å². The van der Waals surface area contributed by atoms with Crippen LogP contribution in [-0.2, 0) is 4.79 Å². The molecule has 1 aromatic carbocycles. The molecule has 1 N–H and O–H groups in total. The average molecular weight is 326 g/mol. The summed E-state index contributed by atoms with van der Waals surface area (Å²) in [5.74, 6) is -0.119. The second kappa shape index (κ2) is 6.18. The lowest BCUT2D eigenvalue weighted by Gasteiger charge is -2.08. The Bertz CT molecular complexity index is 806. The third-order valence-electron chi connectivity index (χ3n) is 3.37. The molecule has 0 saturated carbocycles. The van der Waals surface area contributed by atoms with Gasteiger partial charge in [0.25, 0.3) is 11.1 Å². The fourth-order valence-electron chi connectivity index (χ4n) is 2.28. The summed E-state index contributed by atoms with van der Waals surface area (Å²) < 4.78 is 1.88. The quantitative estimate of drug-likeness (QED) is 0.691. The Morgan fingerprint density at radius 1 is 1.17 bits per heavy atom. The van der Waals surface area contributed by atoms with E-state index in [1.165, 1.54) is 6.08 Å². The summed E-state index contributed by atoms with van der Waals surface area (Å²) in [4.78, 5) is 25.7. The normalized spacial score (nSPS) is 16.3. The second-order valence-corrected chi connectivity index (χ2v) is 5.89. The zero-order chi connectivity index (χ0) is 16.4. The molecule has 0 radical (unpaired) electrons. The minimum atomic E-state index is -0.307. The van der Waals surface area contributed by atoms with Gasteiger partial charge in [0, 0.05) is 24.1 Å². The van der Waals surface area contributed by atoms with Gasteiger partial charge in [0.2, 0.25) is 0 Å². The summed E-state index contributed by atoms with van der Waals surface area (Å²) in [5, 5.41) is 9.09. The molecule has 2 aromatic rings. The van der Waals surface area contributed by atoms with Gasteiger partial charge >= 0.3 is 0 Å². The molecule has 5 nitrogen and oxygen atoms in total. The van der Waals surface area contributed by atoms with Crippen LogP contribution in [0.3, 0.4) is 0 Å². The molecule has 116 valence electrons. The molecule has 6 heteroatoms. The fourth-order valence-corrected chi connectivity index (χ4v) is 3.11. The van der Waals surface area contributed by atoms with Crippen LogP contribution in [0.5, 0.6) is 5.75 Å². The lowest BCUT2D eigenvalue weighted by Crippen LogP contribution is -2.27. The molecule has 2 amide bonds. The van der Waals surface area contributed by atoms with E-state index in [0.29, 0.717) is 4.91 Å². The van der Waals surface area contributed by atoms with Crippen molar-refractivity contribution in [2.45, 2.75) is 0 Å². The van der Waals surface area contributed by atoms with Crippen LogP contribution in [0.1, 0.15) is 5.69 Å². The first-order valence-corrected chi connectivity index (χ1v) is 7.75. The predicted octanol–water partition coefficient (Wildman–Crippen LogP) is 3.41. The molecule has 0 spiro atoms. The molecule has 3 rings (SSSR count). The van der Waals surface area contributed by atoms with Gasteiger partial charge in [0.15, 0.2) is 0 Å². The van der Waals surface area contributed by atoms with Crippen LogP contribution in [0.15, 0.2) is 60.2 Å². The standard InChI is InChI=1S/C17H14N2O3S/c1-2-9-19-16(21)15(23-17(19)22)11-13-4-3-10-18(13)12-5-7-14(20)8-6-12/h2-8,10-11,20H,1,9H2/b15-11-. The Hall–Kier alpha value is -2.73. The van der Waals surface area contributed by atoms with Gasteiger partial charge in [-0.1, -0.05) is 6.08 Å². The number of rotatable bonds is 4. The van der Waals surface area contributed by atoms with Crippen molar-refractivity contribution >= 4 is 29.0 Å². The van der Waals surface area contributed by atoms with Crippen LogP contribution in [0.4, 0.5) is 4.79 Å². The minimum absolute atomic E-state index is 0.188. The molecule has 0 atom stereocenters. The van der Waals surface area contributed by atoms with Crippen LogP contribution >= 0.6 is 11.8 Å². The fraction of sp³-hybridized carbons (Fsp3) is 0.0588. The van der Waals surface area contributed by atoms with Gasteiger partial charge in [0.05, 0.1) is 4.91 Å². The molecular weight excluding hydrogens is 312 g/mol. The van der Waals surface area contributed by atoms with E-state index in [-0.39, 0.29) is 23.4 Å². The Labute approximate surface area is 137 Å². The number of phenolic OH excluding ortho intramolecular Hbond substituents is 1. The maximum atomic E-state index is 12.3. The first-order valence-electron chi connectivity index (χ1n) is 6.93. The van der Waals surface area contributed by atoms with Crippen LogP contribution in [0, 0.1) is 0 Å². The van der Waals surface area contributed by atoms with E-state index >= 15 is 0 Å². The monoisotopic (exact) mass is 326 g/mol. The van der Waals surface area contributed by atoms with Gasteiger partial charge in [-0.05, 0) is 54.2 Å². The lowest BCUT2D eigenvalue weighted by molar-refractivity contribution is -0.122. The first-order chi connectivity index (χ1) is 11.1. The number of imide groups is 1. The van der Waals surface area contributed by atoms with Gasteiger partial charge in [-0.2, -0.15) is 0 Å². The van der Waals surface area contributed by atoms with Gasteiger partial charge in [-0.3, -0.25) is 14.5 Å². The van der Waals surface area contributed by atoms with E-state index in [1.54, 1.807) is 30.3 Å². The molecule has 1 fully saturated rings. The predicted molar refractivity (Wildman–Crippen MR) is 90.3 cm³/mol. The molecule has 0 bridgehead atoms. The Morgan fingerprint density at radius 3 is 2.61 bits per heavy atom. The molecule has 0 unspecified atom stereocenters. The number of phenols is 1. The number of nitrogens with zero attached hydrogens (tertiary/aromatic N) is 2. The molecule has 1 aliphatic heterocycles. The van der Waals surface area contributed by atoms with Gasteiger partial charge in [-0.25, -0.2) is 0 Å². The van der Waals surface area contributed by atoms with Crippen molar-refractivity contribution in [3.8, 4) is 11.4 Å². The van der Waals surface area contributed by atoms with Crippen molar-refractivity contribution in [1.29, 1.82) is 0 Å². The molecule has 1 aromatic heterocycles. The number of aromatic hydroxyl groups is 1. The van der Waals surface area contributed by atoms with Crippen molar-refractivity contribution in [3.63, 3.8) is 0 Å². The Kier molecular flexibility index (Phi) is 4.08. The summed E-state index contributed by atoms with van der Waals surface area (Å²) >= 11 is 0.924. The zero-order valence-corrected chi connectivity index (χ0v) is 13.0. The maximum absolute atomic E-state index is 12.3. The Morgan fingerprint density at radius 2 is 1.91 bits per heavy atom. The Balaban J connectivity index is 1.94. The highest BCUT2D eigenvalue weighted by Crippen LogP contribution is 2.32. The van der Waals surface area contributed by atoms with Gasteiger partial charge in [-0.15, -0.1) is 6.58 Å². The number of amides is 2. The third-order valence-corrected chi connectivity index (χ3v) is 4.28. The summed E-state index contributed by atoms with van der Waals surface area (Å²) in [6.45, 7) is 3.76. The number of benzene rings is 1. The largest absolute Gasteiger partial charge is 0.508 e. The van der Waals surface area contributed by atoms with Crippen LogP contribution in [0.25, 0.3) is 11.8 Å². The van der Waals surface area contributed by atoms with Crippen LogP contribution in [0.2, 0.25) is 0 Å². The van der Waals surface area contributed by atoms with E-state index in [9.17, 15) is 14.7 Å². The summed E-state index contributed by atoms with van der Waals surface area (Å²) in [6.07, 6.45) is 5.07. The average Bonchev–Trinajstić information content (AvgIpc) is 3.09. The van der Waals surface area contributed by atoms with E-state index in [1.807, 2.05) is 22.9 Å². The number of hydrogen-bond acceptors (Lipinski definition) is 4. The lowest BCUT2D eigenvalue weighted by atomic mass is 10.3. The van der Waals surface area contributed by atoms with E-state index in [4.69, 9.17) is 0 Å². The number of hydrogen-bond donors (Lipinski definition) is 1. The molecule has 0 aliphatic carbocycles.